The van der Waals surface area contributed by atoms with Crippen LogP contribution in [-0.4, -0.2) is 23.6 Å². The van der Waals surface area contributed by atoms with E-state index in [0.29, 0.717) is 32.3 Å². The van der Waals surface area contributed by atoms with Crippen molar-refractivity contribution in [1.29, 1.82) is 0 Å². The fourth-order valence-corrected chi connectivity index (χ4v) is 3.55. The number of carbonyl (C=O) groups excluding carboxylic acids is 1. The lowest BCUT2D eigenvalue weighted by Crippen LogP contribution is -2.37. The van der Waals surface area contributed by atoms with Gasteiger partial charge in [0.2, 0.25) is 5.91 Å². The van der Waals surface area contributed by atoms with Gasteiger partial charge in [0.1, 0.15) is 12.4 Å². The van der Waals surface area contributed by atoms with E-state index < -0.39 is 5.97 Å². The quantitative estimate of drug-likeness (QED) is 0.899. The third kappa shape index (κ3) is 3.05. The fourth-order valence-electron chi connectivity index (χ4n) is 3.55. The van der Waals surface area contributed by atoms with E-state index in [4.69, 9.17) is 9.84 Å². The maximum absolute atomic E-state index is 12.5. The first kappa shape index (κ1) is 15.8. The predicted octanol–water partition coefficient (Wildman–Crippen LogP) is 2.74. The summed E-state index contributed by atoms with van der Waals surface area (Å²) in [6.07, 6.45) is 2.47. The number of aliphatic carboxylic acids is 1. The van der Waals surface area contributed by atoms with Crippen molar-refractivity contribution in [2.45, 2.75) is 45.6 Å². The van der Waals surface area contributed by atoms with E-state index in [1.165, 1.54) is 5.56 Å². The second-order valence-electron chi connectivity index (χ2n) is 6.68. The molecule has 5 nitrogen and oxygen atoms in total. The van der Waals surface area contributed by atoms with Gasteiger partial charge in [-0.15, -0.1) is 0 Å². The van der Waals surface area contributed by atoms with Crippen LogP contribution in [0.15, 0.2) is 12.1 Å². The molecule has 1 aromatic rings. The first-order chi connectivity index (χ1) is 11.0. The Balaban J connectivity index is 1.63. The number of nitrogens with one attached hydrogen (secondary N) is 1. The molecule has 1 amide bonds. The Morgan fingerprint density at radius 1 is 1.13 bits per heavy atom. The van der Waals surface area contributed by atoms with Gasteiger partial charge >= 0.3 is 5.97 Å². The molecule has 1 aliphatic heterocycles. The molecule has 0 saturated heterocycles. The highest BCUT2D eigenvalue weighted by molar-refractivity contribution is 5.80. The summed E-state index contributed by atoms with van der Waals surface area (Å²) in [5.74, 6) is -0.201. The van der Waals surface area contributed by atoms with Crippen LogP contribution in [0.4, 0.5) is 0 Å². The third-order valence-electron chi connectivity index (χ3n) is 5.24. The Morgan fingerprint density at radius 2 is 1.78 bits per heavy atom. The van der Waals surface area contributed by atoms with E-state index in [-0.39, 0.29) is 23.8 Å². The van der Waals surface area contributed by atoms with Crippen LogP contribution in [0.3, 0.4) is 0 Å². The largest absolute Gasteiger partial charge is 0.490 e. The van der Waals surface area contributed by atoms with Gasteiger partial charge in [0.25, 0.3) is 0 Å². The molecular formula is C18H23NO4. The number of fused-ring (bicyclic) bond motifs is 1. The number of carboxylic acid groups (broad SMARTS) is 1. The SMILES string of the molecule is Cc1ccc2c(c1C)OCC2NC(=O)C1CCC(C(=O)O)CC1. The van der Waals surface area contributed by atoms with Crippen LogP contribution in [0.1, 0.15) is 48.4 Å². The molecule has 5 heteroatoms. The molecule has 0 bridgehead atoms. The Kier molecular flexibility index (Phi) is 4.28. The predicted molar refractivity (Wildman–Crippen MR) is 85.4 cm³/mol. The average Bonchev–Trinajstić information content (AvgIpc) is 2.94. The molecule has 23 heavy (non-hydrogen) atoms. The summed E-state index contributed by atoms with van der Waals surface area (Å²) in [6, 6.07) is 3.98. The minimum atomic E-state index is -0.743. The summed E-state index contributed by atoms with van der Waals surface area (Å²) >= 11 is 0. The molecule has 1 atom stereocenters. The van der Waals surface area contributed by atoms with Crippen LogP contribution < -0.4 is 10.1 Å². The van der Waals surface area contributed by atoms with E-state index in [2.05, 4.69) is 11.4 Å². The summed E-state index contributed by atoms with van der Waals surface area (Å²) in [6.45, 7) is 4.55. The molecule has 3 rings (SSSR count). The molecule has 1 fully saturated rings. The molecule has 124 valence electrons. The lowest BCUT2D eigenvalue weighted by Gasteiger charge is -2.26. The van der Waals surface area contributed by atoms with Crippen LogP contribution >= 0.6 is 0 Å². The number of carboxylic acids is 1. The van der Waals surface area contributed by atoms with Gasteiger partial charge in [0, 0.05) is 11.5 Å². The Morgan fingerprint density at radius 3 is 2.43 bits per heavy atom. The number of hydrogen-bond acceptors (Lipinski definition) is 3. The molecule has 2 aliphatic rings. The van der Waals surface area contributed by atoms with Crippen molar-refractivity contribution in [2.24, 2.45) is 11.8 Å². The lowest BCUT2D eigenvalue weighted by atomic mass is 9.81. The van der Waals surface area contributed by atoms with Gasteiger partial charge in [-0.3, -0.25) is 9.59 Å². The highest BCUT2D eigenvalue weighted by atomic mass is 16.5. The zero-order valence-corrected chi connectivity index (χ0v) is 13.6. The molecule has 2 N–H and O–H groups in total. The van der Waals surface area contributed by atoms with Gasteiger partial charge in [-0.05, 0) is 50.7 Å². The minimum absolute atomic E-state index is 0.0218. The standard InChI is InChI=1S/C18H23NO4/c1-10-3-8-14-15(9-23-16(14)11(10)2)19-17(20)12-4-6-13(7-5-12)18(21)22/h3,8,12-13,15H,4-7,9H2,1-2H3,(H,19,20)(H,21,22). The molecule has 1 heterocycles. The molecule has 1 aliphatic carbocycles. The maximum atomic E-state index is 12.5. The van der Waals surface area contributed by atoms with Gasteiger partial charge in [-0.25, -0.2) is 0 Å². The molecule has 1 unspecified atom stereocenters. The normalized spacial score (nSPS) is 26.3. The second-order valence-corrected chi connectivity index (χ2v) is 6.68. The summed E-state index contributed by atoms with van der Waals surface area (Å²) in [5, 5.41) is 12.1. The number of carbonyl (C=O) groups is 2. The van der Waals surface area contributed by atoms with E-state index in [1.807, 2.05) is 19.9 Å². The summed E-state index contributed by atoms with van der Waals surface area (Å²) in [5.41, 5.74) is 3.35. The van der Waals surface area contributed by atoms with E-state index in [1.54, 1.807) is 0 Å². The van der Waals surface area contributed by atoms with Crippen molar-refractivity contribution >= 4 is 11.9 Å². The van der Waals surface area contributed by atoms with Crippen LogP contribution in [0, 0.1) is 25.7 Å². The third-order valence-corrected chi connectivity index (χ3v) is 5.24. The van der Waals surface area contributed by atoms with Gasteiger partial charge in [0.15, 0.2) is 0 Å². The summed E-state index contributed by atoms with van der Waals surface area (Å²) in [7, 11) is 0. The topological polar surface area (TPSA) is 75.6 Å². The van der Waals surface area contributed by atoms with E-state index >= 15 is 0 Å². The van der Waals surface area contributed by atoms with Crippen molar-refractivity contribution < 1.29 is 19.4 Å². The van der Waals surface area contributed by atoms with Crippen LogP contribution in [0.2, 0.25) is 0 Å². The van der Waals surface area contributed by atoms with Gasteiger partial charge < -0.3 is 15.2 Å². The van der Waals surface area contributed by atoms with Crippen LogP contribution in [-0.2, 0) is 9.59 Å². The zero-order valence-electron chi connectivity index (χ0n) is 13.6. The highest BCUT2D eigenvalue weighted by Gasteiger charge is 2.33. The summed E-state index contributed by atoms with van der Waals surface area (Å²) in [4.78, 5) is 23.5. The Labute approximate surface area is 136 Å². The fraction of sp³-hybridized carbons (Fsp3) is 0.556. The van der Waals surface area contributed by atoms with Crippen LogP contribution in [0.5, 0.6) is 5.75 Å². The Hall–Kier alpha value is -2.04. The van der Waals surface area contributed by atoms with Gasteiger partial charge in [-0.1, -0.05) is 12.1 Å². The molecule has 1 saturated carbocycles. The van der Waals surface area contributed by atoms with Crippen LogP contribution in [0.25, 0.3) is 0 Å². The van der Waals surface area contributed by atoms with Crippen molar-refractivity contribution in [2.75, 3.05) is 6.61 Å². The number of amides is 1. The number of ether oxygens (including phenoxy) is 1. The van der Waals surface area contributed by atoms with Gasteiger partial charge in [-0.2, -0.15) is 0 Å². The smallest absolute Gasteiger partial charge is 0.306 e. The first-order valence-corrected chi connectivity index (χ1v) is 8.23. The second kappa shape index (κ2) is 6.22. The zero-order chi connectivity index (χ0) is 16.6. The Bertz CT molecular complexity index is 632. The lowest BCUT2D eigenvalue weighted by molar-refractivity contribution is -0.144. The van der Waals surface area contributed by atoms with Crippen molar-refractivity contribution in [3.8, 4) is 5.75 Å². The average molecular weight is 317 g/mol. The molecule has 0 aromatic heterocycles. The number of benzene rings is 1. The van der Waals surface area contributed by atoms with E-state index in [0.717, 1.165) is 16.9 Å². The van der Waals surface area contributed by atoms with Crippen molar-refractivity contribution in [3.05, 3.63) is 28.8 Å². The van der Waals surface area contributed by atoms with Crippen molar-refractivity contribution in [3.63, 3.8) is 0 Å². The summed E-state index contributed by atoms with van der Waals surface area (Å²) < 4.78 is 5.77. The first-order valence-electron chi connectivity index (χ1n) is 8.23. The number of aryl methyl sites for hydroxylation is 1. The molecule has 0 radical (unpaired) electrons. The number of rotatable bonds is 3. The molecule has 1 aromatic carbocycles. The maximum Gasteiger partial charge on any atom is 0.306 e. The monoisotopic (exact) mass is 317 g/mol. The van der Waals surface area contributed by atoms with Gasteiger partial charge in [0.05, 0.1) is 12.0 Å². The highest BCUT2D eigenvalue weighted by Crippen LogP contribution is 2.37. The number of hydrogen-bond donors (Lipinski definition) is 2. The van der Waals surface area contributed by atoms with Crippen molar-refractivity contribution in [1.82, 2.24) is 5.32 Å². The minimum Gasteiger partial charge on any atom is -0.490 e. The molecular weight excluding hydrogens is 294 g/mol. The van der Waals surface area contributed by atoms with E-state index in [9.17, 15) is 9.59 Å². The molecule has 0 spiro atoms.